The van der Waals surface area contributed by atoms with Crippen molar-refractivity contribution >= 4 is 16.9 Å². The average molecular weight is 274 g/mol. The van der Waals surface area contributed by atoms with Crippen LogP contribution in [0.4, 0.5) is 0 Å². The fourth-order valence-electron chi connectivity index (χ4n) is 2.16. The van der Waals surface area contributed by atoms with E-state index < -0.39 is 0 Å². The number of hydrogen-bond acceptors (Lipinski definition) is 3. The standard InChI is InChI=1S/C15H22N4O/c1-4-16-9-12-10-19(11-14(20)18(3)5-2)15-13(12)7-6-8-17-15/h6-8,10,16H,4-5,9,11H2,1-3H3. The first-order chi connectivity index (χ1) is 9.67. The minimum atomic E-state index is 0.102. The zero-order valence-corrected chi connectivity index (χ0v) is 12.4. The first kappa shape index (κ1) is 14.5. The van der Waals surface area contributed by atoms with Crippen LogP contribution in [0.3, 0.4) is 0 Å². The van der Waals surface area contributed by atoms with Crippen LogP contribution in [0.1, 0.15) is 19.4 Å². The molecule has 0 bridgehead atoms. The van der Waals surface area contributed by atoms with Crippen molar-refractivity contribution in [1.82, 2.24) is 19.8 Å². The number of amides is 1. The Morgan fingerprint density at radius 1 is 1.45 bits per heavy atom. The third-order valence-electron chi connectivity index (χ3n) is 3.49. The molecule has 20 heavy (non-hydrogen) atoms. The van der Waals surface area contributed by atoms with Crippen LogP contribution < -0.4 is 5.32 Å². The van der Waals surface area contributed by atoms with Gasteiger partial charge < -0.3 is 14.8 Å². The number of aromatic nitrogens is 2. The third-order valence-corrected chi connectivity index (χ3v) is 3.49. The number of fused-ring (bicyclic) bond motifs is 1. The van der Waals surface area contributed by atoms with Gasteiger partial charge in [-0.1, -0.05) is 6.92 Å². The average Bonchev–Trinajstić information content (AvgIpc) is 2.82. The Balaban J connectivity index is 2.31. The Kier molecular flexibility index (Phi) is 4.74. The van der Waals surface area contributed by atoms with Crippen LogP contribution in [0.15, 0.2) is 24.5 Å². The van der Waals surface area contributed by atoms with E-state index in [0.29, 0.717) is 6.54 Å². The molecule has 0 aliphatic rings. The van der Waals surface area contributed by atoms with Gasteiger partial charge in [0.25, 0.3) is 0 Å². The first-order valence-electron chi connectivity index (χ1n) is 7.04. The van der Waals surface area contributed by atoms with Gasteiger partial charge in [-0.15, -0.1) is 0 Å². The highest BCUT2D eigenvalue weighted by atomic mass is 16.2. The second-order valence-electron chi connectivity index (χ2n) is 4.85. The van der Waals surface area contributed by atoms with Gasteiger partial charge in [0.1, 0.15) is 12.2 Å². The minimum Gasteiger partial charge on any atom is -0.344 e. The molecule has 1 amide bonds. The SMILES string of the molecule is CCNCc1cn(CC(=O)N(C)CC)c2ncccc12. The lowest BCUT2D eigenvalue weighted by atomic mass is 10.2. The largest absolute Gasteiger partial charge is 0.344 e. The quantitative estimate of drug-likeness (QED) is 0.871. The van der Waals surface area contributed by atoms with E-state index in [1.54, 1.807) is 11.1 Å². The van der Waals surface area contributed by atoms with E-state index in [1.807, 2.05) is 30.8 Å². The maximum atomic E-state index is 12.1. The van der Waals surface area contributed by atoms with E-state index >= 15 is 0 Å². The van der Waals surface area contributed by atoms with Gasteiger partial charge in [0, 0.05) is 37.9 Å². The van der Waals surface area contributed by atoms with Gasteiger partial charge in [-0.2, -0.15) is 0 Å². The van der Waals surface area contributed by atoms with Crippen molar-refractivity contribution in [3.05, 3.63) is 30.1 Å². The molecule has 2 rings (SSSR count). The van der Waals surface area contributed by atoms with E-state index in [0.717, 1.165) is 30.7 Å². The molecular formula is C15H22N4O. The van der Waals surface area contributed by atoms with Crippen molar-refractivity contribution in [2.45, 2.75) is 26.9 Å². The molecule has 0 aromatic carbocycles. The van der Waals surface area contributed by atoms with Crippen molar-refractivity contribution in [2.75, 3.05) is 20.1 Å². The summed E-state index contributed by atoms with van der Waals surface area (Å²) in [6.45, 7) is 6.82. The normalized spacial score (nSPS) is 10.9. The molecule has 5 heteroatoms. The molecule has 0 aliphatic heterocycles. The summed E-state index contributed by atoms with van der Waals surface area (Å²) in [5.41, 5.74) is 2.06. The summed E-state index contributed by atoms with van der Waals surface area (Å²) in [6, 6.07) is 3.99. The summed E-state index contributed by atoms with van der Waals surface area (Å²) in [4.78, 5) is 18.2. The molecule has 0 unspecified atom stereocenters. The Bertz CT molecular complexity index is 591. The molecule has 0 saturated carbocycles. The third kappa shape index (κ3) is 2.99. The van der Waals surface area contributed by atoms with Crippen LogP contribution in [-0.4, -0.2) is 40.5 Å². The Morgan fingerprint density at radius 2 is 2.25 bits per heavy atom. The summed E-state index contributed by atoms with van der Waals surface area (Å²) in [5, 5.41) is 4.43. The summed E-state index contributed by atoms with van der Waals surface area (Å²) in [5.74, 6) is 0.102. The topological polar surface area (TPSA) is 50.2 Å². The zero-order valence-electron chi connectivity index (χ0n) is 12.4. The molecule has 1 N–H and O–H groups in total. The van der Waals surface area contributed by atoms with Crippen LogP contribution in [-0.2, 0) is 17.9 Å². The first-order valence-corrected chi connectivity index (χ1v) is 7.04. The number of nitrogens with one attached hydrogen (secondary N) is 1. The lowest BCUT2D eigenvalue weighted by Gasteiger charge is -2.14. The molecule has 0 fully saturated rings. The van der Waals surface area contributed by atoms with Gasteiger partial charge in [-0.3, -0.25) is 4.79 Å². The lowest BCUT2D eigenvalue weighted by Crippen LogP contribution is -2.29. The Morgan fingerprint density at radius 3 is 2.95 bits per heavy atom. The number of carbonyl (C=O) groups excluding carboxylic acids is 1. The van der Waals surface area contributed by atoms with Crippen molar-refractivity contribution in [3.63, 3.8) is 0 Å². The highest BCUT2D eigenvalue weighted by Crippen LogP contribution is 2.19. The number of hydrogen-bond donors (Lipinski definition) is 1. The fraction of sp³-hybridized carbons (Fsp3) is 0.467. The summed E-state index contributed by atoms with van der Waals surface area (Å²) in [7, 11) is 1.82. The van der Waals surface area contributed by atoms with Crippen LogP contribution in [0, 0.1) is 0 Å². The van der Waals surface area contributed by atoms with Gasteiger partial charge in [0.05, 0.1) is 0 Å². The Hall–Kier alpha value is -1.88. The van der Waals surface area contributed by atoms with E-state index in [1.165, 1.54) is 5.56 Å². The molecule has 0 aliphatic carbocycles. The van der Waals surface area contributed by atoms with Gasteiger partial charge in [-0.25, -0.2) is 4.98 Å². The maximum Gasteiger partial charge on any atom is 0.242 e. The molecule has 0 spiro atoms. The van der Waals surface area contributed by atoms with Crippen LogP contribution in [0.5, 0.6) is 0 Å². The van der Waals surface area contributed by atoms with Crippen LogP contribution >= 0.6 is 0 Å². The molecule has 2 aromatic rings. The molecular weight excluding hydrogens is 252 g/mol. The molecule has 5 nitrogen and oxygen atoms in total. The van der Waals surface area contributed by atoms with E-state index in [4.69, 9.17) is 0 Å². The van der Waals surface area contributed by atoms with Gasteiger partial charge >= 0.3 is 0 Å². The summed E-state index contributed by atoms with van der Waals surface area (Å²) >= 11 is 0. The van der Waals surface area contributed by atoms with Gasteiger partial charge in [0.2, 0.25) is 5.91 Å². The molecule has 108 valence electrons. The smallest absolute Gasteiger partial charge is 0.242 e. The predicted molar refractivity (Wildman–Crippen MR) is 80.4 cm³/mol. The van der Waals surface area contributed by atoms with Crippen molar-refractivity contribution < 1.29 is 4.79 Å². The number of nitrogens with zero attached hydrogens (tertiary/aromatic N) is 3. The van der Waals surface area contributed by atoms with Crippen LogP contribution in [0.25, 0.3) is 11.0 Å². The predicted octanol–water partition coefficient (Wildman–Crippen LogP) is 1.62. The number of pyridine rings is 1. The van der Waals surface area contributed by atoms with E-state index in [2.05, 4.69) is 23.3 Å². The molecule has 2 aromatic heterocycles. The van der Waals surface area contributed by atoms with E-state index in [9.17, 15) is 4.79 Å². The highest BCUT2D eigenvalue weighted by Gasteiger charge is 2.13. The highest BCUT2D eigenvalue weighted by molar-refractivity contribution is 5.83. The Labute approximate surface area is 119 Å². The maximum absolute atomic E-state index is 12.1. The molecule has 0 saturated heterocycles. The summed E-state index contributed by atoms with van der Waals surface area (Å²) < 4.78 is 1.94. The van der Waals surface area contributed by atoms with Crippen molar-refractivity contribution in [2.24, 2.45) is 0 Å². The van der Waals surface area contributed by atoms with Gasteiger partial charge in [0.15, 0.2) is 0 Å². The number of carbonyl (C=O) groups is 1. The zero-order chi connectivity index (χ0) is 14.5. The van der Waals surface area contributed by atoms with E-state index in [-0.39, 0.29) is 5.91 Å². The monoisotopic (exact) mass is 274 g/mol. The summed E-state index contributed by atoms with van der Waals surface area (Å²) in [6.07, 6.45) is 3.80. The molecule has 0 radical (unpaired) electrons. The van der Waals surface area contributed by atoms with Gasteiger partial charge in [-0.05, 0) is 31.2 Å². The lowest BCUT2D eigenvalue weighted by molar-refractivity contribution is -0.130. The second-order valence-corrected chi connectivity index (χ2v) is 4.85. The molecule has 0 atom stereocenters. The minimum absolute atomic E-state index is 0.102. The number of rotatable bonds is 6. The second kappa shape index (κ2) is 6.52. The fourth-order valence-corrected chi connectivity index (χ4v) is 2.16. The van der Waals surface area contributed by atoms with Crippen molar-refractivity contribution in [3.8, 4) is 0 Å². The van der Waals surface area contributed by atoms with Crippen molar-refractivity contribution in [1.29, 1.82) is 0 Å². The molecule has 2 heterocycles. The number of likely N-dealkylation sites (N-methyl/N-ethyl adjacent to an activating group) is 1. The van der Waals surface area contributed by atoms with Crippen LogP contribution in [0.2, 0.25) is 0 Å².